The molecular formula is C22H21N3O2S. The third kappa shape index (κ3) is 3.87. The van der Waals surface area contributed by atoms with E-state index in [0.29, 0.717) is 17.7 Å². The van der Waals surface area contributed by atoms with Crippen LogP contribution in [0.1, 0.15) is 50.5 Å². The summed E-state index contributed by atoms with van der Waals surface area (Å²) in [5.41, 5.74) is 4.73. The van der Waals surface area contributed by atoms with Crippen LogP contribution >= 0.6 is 11.8 Å². The second kappa shape index (κ2) is 8.02. The van der Waals surface area contributed by atoms with Crippen LogP contribution in [0.4, 0.5) is 5.69 Å². The molecule has 142 valence electrons. The molecule has 28 heavy (non-hydrogen) atoms. The number of hydrogen-bond donors (Lipinski definition) is 2. The smallest absolute Gasteiger partial charge is 0.272 e. The van der Waals surface area contributed by atoms with Gasteiger partial charge in [0.2, 0.25) is 0 Å². The molecule has 0 bridgehead atoms. The van der Waals surface area contributed by atoms with Crippen LogP contribution in [0.2, 0.25) is 0 Å². The van der Waals surface area contributed by atoms with Crippen molar-refractivity contribution in [2.75, 3.05) is 5.32 Å². The van der Waals surface area contributed by atoms with Crippen LogP contribution in [-0.2, 0) is 12.2 Å². The van der Waals surface area contributed by atoms with Gasteiger partial charge in [0.1, 0.15) is 5.69 Å². The number of pyridine rings is 1. The average Bonchev–Trinajstić information content (AvgIpc) is 3.06. The summed E-state index contributed by atoms with van der Waals surface area (Å²) in [4.78, 5) is 33.2. The number of carbonyl (C=O) groups excluding carboxylic acids is 2. The number of Topliss-reactive ketones (excluding diaryl/α,β-unsaturated/α-hetero) is 1. The first-order valence-electron chi connectivity index (χ1n) is 9.29. The summed E-state index contributed by atoms with van der Waals surface area (Å²) >= 11 is 1.72. The Hall–Kier alpha value is -2.86. The SMILES string of the molecule is Cc1c(C(=O)Nc2ccc(SCc3cccnc3)cc2)[nH]c2c1C(=O)CCC2. The molecule has 3 aromatic rings. The summed E-state index contributed by atoms with van der Waals surface area (Å²) in [5.74, 6) is 0.764. The molecule has 0 atom stereocenters. The Bertz CT molecular complexity index is 1010. The number of anilines is 1. The summed E-state index contributed by atoms with van der Waals surface area (Å²) < 4.78 is 0. The van der Waals surface area contributed by atoms with Crippen LogP contribution in [0.15, 0.2) is 53.7 Å². The zero-order chi connectivity index (χ0) is 19.5. The minimum absolute atomic E-state index is 0.129. The number of benzene rings is 1. The Morgan fingerprint density at radius 1 is 1.21 bits per heavy atom. The Morgan fingerprint density at radius 3 is 2.75 bits per heavy atom. The van der Waals surface area contributed by atoms with Crippen LogP contribution in [0, 0.1) is 6.92 Å². The maximum Gasteiger partial charge on any atom is 0.272 e. The molecule has 0 aliphatic heterocycles. The maximum atomic E-state index is 12.7. The van der Waals surface area contributed by atoms with Gasteiger partial charge in [-0.05, 0) is 61.2 Å². The van der Waals surface area contributed by atoms with Crippen LogP contribution < -0.4 is 5.32 Å². The second-order valence-corrected chi connectivity index (χ2v) is 7.93. The number of nitrogens with one attached hydrogen (secondary N) is 2. The molecule has 0 unspecified atom stereocenters. The monoisotopic (exact) mass is 391 g/mol. The van der Waals surface area contributed by atoms with Crippen molar-refractivity contribution in [3.63, 3.8) is 0 Å². The summed E-state index contributed by atoms with van der Waals surface area (Å²) in [6.45, 7) is 1.84. The average molecular weight is 391 g/mol. The normalized spacial score (nSPS) is 13.2. The zero-order valence-electron chi connectivity index (χ0n) is 15.6. The molecular weight excluding hydrogens is 370 g/mol. The predicted molar refractivity (Wildman–Crippen MR) is 111 cm³/mol. The van der Waals surface area contributed by atoms with E-state index in [1.165, 1.54) is 5.56 Å². The topological polar surface area (TPSA) is 74.8 Å². The number of aromatic nitrogens is 2. The van der Waals surface area contributed by atoms with Crippen LogP contribution in [0.25, 0.3) is 0 Å². The number of H-pyrrole nitrogens is 1. The molecule has 6 heteroatoms. The van der Waals surface area contributed by atoms with Gasteiger partial charge in [-0.2, -0.15) is 0 Å². The van der Waals surface area contributed by atoms with Gasteiger partial charge in [-0.15, -0.1) is 11.8 Å². The van der Waals surface area contributed by atoms with Gasteiger partial charge < -0.3 is 10.3 Å². The van der Waals surface area contributed by atoms with Gasteiger partial charge in [-0.3, -0.25) is 14.6 Å². The molecule has 1 aliphatic rings. The molecule has 1 amide bonds. The lowest BCUT2D eigenvalue weighted by Crippen LogP contribution is -2.13. The fourth-order valence-corrected chi connectivity index (χ4v) is 4.31. The number of aryl methyl sites for hydroxylation is 1. The number of rotatable bonds is 5. The van der Waals surface area contributed by atoms with E-state index in [0.717, 1.165) is 40.4 Å². The van der Waals surface area contributed by atoms with Crippen LogP contribution in [0.5, 0.6) is 0 Å². The Morgan fingerprint density at radius 2 is 2.04 bits per heavy atom. The largest absolute Gasteiger partial charge is 0.354 e. The lowest BCUT2D eigenvalue weighted by Gasteiger charge is -2.09. The number of ketones is 1. The quantitative estimate of drug-likeness (QED) is 0.614. The van der Waals surface area contributed by atoms with Gasteiger partial charge in [0.05, 0.1) is 0 Å². The predicted octanol–water partition coefficient (Wildman–Crippen LogP) is 4.78. The molecule has 2 heterocycles. The third-order valence-corrected chi connectivity index (χ3v) is 5.99. The van der Waals surface area contributed by atoms with Crippen LogP contribution in [-0.4, -0.2) is 21.7 Å². The number of nitrogens with zero attached hydrogens (tertiary/aromatic N) is 1. The Balaban J connectivity index is 1.42. The fraction of sp³-hybridized carbons (Fsp3) is 0.227. The maximum absolute atomic E-state index is 12.7. The third-order valence-electron chi connectivity index (χ3n) is 4.90. The highest BCUT2D eigenvalue weighted by atomic mass is 32.2. The van der Waals surface area contributed by atoms with Gasteiger partial charge in [-0.1, -0.05) is 6.07 Å². The number of aromatic amines is 1. The van der Waals surface area contributed by atoms with E-state index in [-0.39, 0.29) is 11.7 Å². The van der Waals surface area contributed by atoms with Gasteiger partial charge >= 0.3 is 0 Å². The Kier molecular flexibility index (Phi) is 5.30. The van der Waals surface area contributed by atoms with Gasteiger partial charge in [-0.25, -0.2) is 0 Å². The van der Waals surface area contributed by atoms with E-state index in [4.69, 9.17) is 0 Å². The van der Waals surface area contributed by atoms with Gasteiger partial charge in [0, 0.05) is 46.4 Å². The number of fused-ring (bicyclic) bond motifs is 1. The van der Waals surface area contributed by atoms with E-state index >= 15 is 0 Å². The second-order valence-electron chi connectivity index (χ2n) is 6.88. The summed E-state index contributed by atoms with van der Waals surface area (Å²) in [7, 11) is 0. The molecule has 5 nitrogen and oxygen atoms in total. The van der Waals surface area contributed by atoms with Crippen molar-refractivity contribution in [1.82, 2.24) is 9.97 Å². The van der Waals surface area contributed by atoms with Crippen molar-refractivity contribution in [1.29, 1.82) is 0 Å². The fourth-order valence-electron chi connectivity index (χ4n) is 3.48. The van der Waals surface area contributed by atoms with E-state index in [1.807, 2.05) is 43.5 Å². The molecule has 4 rings (SSSR count). The Labute approximate surface area is 168 Å². The first kappa shape index (κ1) is 18.5. The van der Waals surface area contributed by atoms with Crippen molar-refractivity contribution in [3.8, 4) is 0 Å². The molecule has 0 saturated carbocycles. The molecule has 1 aliphatic carbocycles. The summed E-state index contributed by atoms with van der Waals surface area (Å²) in [6.07, 6.45) is 5.85. The molecule has 0 radical (unpaired) electrons. The first-order chi connectivity index (χ1) is 13.6. The van der Waals surface area contributed by atoms with E-state index in [1.54, 1.807) is 18.0 Å². The highest BCUT2D eigenvalue weighted by molar-refractivity contribution is 7.98. The molecule has 2 N–H and O–H groups in total. The number of hydrogen-bond acceptors (Lipinski definition) is 4. The molecule has 1 aromatic carbocycles. The van der Waals surface area contributed by atoms with Crippen LogP contribution in [0.3, 0.4) is 0 Å². The number of amides is 1. The van der Waals surface area contributed by atoms with E-state index in [9.17, 15) is 9.59 Å². The summed E-state index contributed by atoms with van der Waals surface area (Å²) in [5, 5.41) is 2.92. The number of carbonyl (C=O) groups is 2. The van der Waals surface area contributed by atoms with Crippen molar-refractivity contribution in [2.24, 2.45) is 0 Å². The van der Waals surface area contributed by atoms with E-state index < -0.39 is 0 Å². The lowest BCUT2D eigenvalue weighted by molar-refractivity contribution is 0.0971. The first-order valence-corrected chi connectivity index (χ1v) is 10.3. The van der Waals surface area contributed by atoms with Gasteiger partial charge in [0.15, 0.2) is 5.78 Å². The van der Waals surface area contributed by atoms with Crippen molar-refractivity contribution >= 4 is 29.1 Å². The van der Waals surface area contributed by atoms with Gasteiger partial charge in [0.25, 0.3) is 5.91 Å². The summed E-state index contributed by atoms with van der Waals surface area (Å²) in [6, 6.07) is 11.8. The van der Waals surface area contributed by atoms with Crippen molar-refractivity contribution in [2.45, 2.75) is 36.8 Å². The molecule has 0 spiro atoms. The highest BCUT2D eigenvalue weighted by Gasteiger charge is 2.26. The molecule has 0 fully saturated rings. The zero-order valence-corrected chi connectivity index (χ0v) is 16.4. The lowest BCUT2D eigenvalue weighted by atomic mass is 9.94. The van der Waals surface area contributed by atoms with Crippen molar-refractivity contribution < 1.29 is 9.59 Å². The molecule has 2 aromatic heterocycles. The van der Waals surface area contributed by atoms with Crippen molar-refractivity contribution in [3.05, 3.63) is 76.9 Å². The minimum atomic E-state index is -0.213. The highest BCUT2D eigenvalue weighted by Crippen LogP contribution is 2.28. The standard InChI is InChI=1S/C22H21N3O2S/c1-14-20-18(5-2-6-19(20)26)25-21(14)22(27)24-16-7-9-17(10-8-16)28-13-15-4-3-11-23-12-15/h3-4,7-12,25H,2,5-6,13H2,1H3,(H,24,27). The molecule has 0 saturated heterocycles. The minimum Gasteiger partial charge on any atom is -0.354 e. The van der Waals surface area contributed by atoms with E-state index in [2.05, 4.69) is 21.4 Å². The number of thioether (sulfide) groups is 1.